The third-order valence-electron chi connectivity index (χ3n) is 4.99. The Morgan fingerprint density at radius 2 is 2.14 bits per heavy atom. The van der Waals surface area contributed by atoms with Crippen LogP contribution < -0.4 is 0 Å². The molecule has 28 heavy (non-hydrogen) atoms. The van der Waals surface area contributed by atoms with E-state index in [0.29, 0.717) is 30.9 Å². The van der Waals surface area contributed by atoms with Crippen molar-refractivity contribution in [1.82, 2.24) is 24.9 Å². The number of aromatic nitrogens is 3. The summed E-state index contributed by atoms with van der Waals surface area (Å²) < 4.78 is 42.2. The topological polar surface area (TPSA) is 92.4 Å². The molecule has 1 saturated heterocycles. The van der Waals surface area contributed by atoms with Gasteiger partial charge in [0.15, 0.2) is 0 Å². The second kappa shape index (κ2) is 6.57. The predicted molar refractivity (Wildman–Crippen MR) is 87.7 cm³/mol. The number of hydrogen-bond acceptors (Lipinski definition) is 6. The molecular formula is C17H16F3N5O3. The fraction of sp³-hybridized carbons (Fsp3) is 0.471. The van der Waals surface area contributed by atoms with E-state index in [1.54, 1.807) is 9.80 Å². The number of carbonyl (C=O) groups is 2. The molecule has 2 amide bonds. The van der Waals surface area contributed by atoms with Gasteiger partial charge >= 0.3 is 12.1 Å². The first-order valence-corrected chi connectivity index (χ1v) is 8.70. The maximum Gasteiger partial charge on any atom is 0.471 e. The van der Waals surface area contributed by atoms with E-state index in [2.05, 4.69) is 19.6 Å². The largest absolute Gasteiger partial charge is 0.471 e. The van der Waals surface area contributed by atoms with Gasteiger partial charge in [-0.1, -0.05) is 5.16 Å². The minimum absolute atomic E-state index is 0.0353. The van der Waals surface area contributed by atoms with Crippen LogP contribution in [0.25, 0.3) is 11.4 Å². The molecule has 4 rings (SSSR count). The minimum Gasteiger partial charge on any atom is -0.341 e. The van der Waals surface area contributed by atoms with E-state index in [-0.39, 0.29) is 29.2 Å². The molecule has 0 aromatic carbocycles. The van der Waals surface area contributed by atoms with E-state index in [9.17, 15) is 22.8 Å². The summed E-state index contributed by atoms with van der Waals surface area (Å²) in [5, 5.41) is 3.33. The molecule has 0 bridgehead atoms. The molecule has 0 radical (unpaired) electrons. The van der Waals surface area contributed by atoms with Crippen LogP contribution in [0.15, 0.2) is 16.8 Å². The van der Waals surface area contributed by atoms with Crippen molar-refractivity contribution in [2.45, 2.75) is 38.5 Å². The number of carbonyl (C=O) groups excluding carboxylic acids is 2. The van der Waals surface area contributed by atoms with E-state index in [0.717, 1.165) is 12.8 Å². The smallest absolute Gasteiger partial charge is 0.341 e. The standard InChI is InChI=1S/C17H16F3N5O3/c1-9(26)24-4-2-3-11(7-24)25-8-13-12(15(25)27)5-10(6-21-13)14-22-16(28-23-14)17(18,19)20/h5-6,11H,2-4,7-8H2,1H3. The fourth-order valence-corrected chi connectivity index (χ4v) is 3.56. The van der Waals surface area contributed by atoms with Crippen molar-refractivity contribution >= 4 is 11.8 Å². The van der Waals surface area contributed by atoms with Crippen LogP contribution in [0.3, 0.4) is 0 Å². The van der Waals surface area contributed by atoms with Crippen molar-refractivity contribution in [3.8, 4) is 11.4 Å². The van der Waals surface area contributed by atoms with E-state index in [4.69, 9.17) is 0 Å². The summed E-state index contributed by atoms with van der Waals surface area (Å²) in [6, 6.07) is 1.31. The molecule has 2 aromatic rings. The Morgan fingerprint density at radius 1 is 1.36 bits per heavy atom. The van der Waals surface area contributed by atoms with Crippen LogP contribution in [0.1, 0.15) is 41.7 Å². The van der Waals surface area contributed by atoms with Crippen molar-refractivity contribution in [2.75, 3.05) is 13.1 Å². The molecule has 1 unspecified atom stereocenters. The average Bonchev–Trinajstić information content (AvgIpc) is 3.27. The zero-order chi connectivity index (χ0) is 20.1. The van der Waals surface area contributed by atoms with Gasteiger partial charge in [0.05, 0.1) is 23.8 Å². The second-order valence-corrected chi connectivity index (χ2v) is 6.83. The molecule has 148 valence electrons. The molecule has 0 saturated carbocycles. The van der Waals surface area contributed by atoms with Crippen molar-refractivity contribution in [2.24, 2.45) is 0 Å². The van der Waals surface area contributed by atoms with Crippen LogP contribution in [0, 0.1) is 0 Å². The Labute approximate surface area is 157 Å². The summed E-state index contributed by atoms with van der Waals surface area (Å²) >= 11 is 0. The first-order valence-electron chi connectivity index (χ1n) is 8.70. The second-order valence-electron chi connectivity index (χ2n) is 6.83. The summed E-state index contributed by atoms with van der Waals surface area (Å²) in [6.07, 6.45) is -1.85. The first kappa shape index (κ1) is 18.4. The molecule has 0 aliphatic carbocycles. The van der Waals surface area contributed by atoms with Crippen LogP contribution in [0.2, 0.25) is 0 Å². The number of alkyl halides is 3. The summed E-state index contributed by atoms with van der Waals surface area (Å²) in [6.45, 7) is 2.92. The lowest BCUT2D eigenvalue weighted by Crippen LogP contribution is -2.49. The average molecular weight is 395 g/mol. The quantitative estimate of drug-likeness (QED) is 0.774. The van der Waals surface area contributed by atoms with E-state index in [1.807, 2.05) is 0 Å². The Bertz CT molecular complexity index is 942. The van der Waals surface area contributed by atoms with Crippen molar-refractivity contribution in [1.29, 1.82) is 0 Å². The maximum atomic E-state index is 12.9. The SMILES string of the molecule is CC(=O)N1CCCC(N2Cc3ncc(-c4noc(C(F)(F)F)n4)cc3C2=O)C1. The fourth-order valence-electron chi connectivity index (χ4n) is 3.56. The molecule has 0 N–H and O–H groups in total. The van der Waals surface area contributed by atoms with Crippen LogP contribution in [0.5, 0.6) is 0 Å². The van der Waals surface area contributed by atoms with Gasteiger partial charge in [-0.05, 0) is 18.9 Å². The summed E-state index contributed by atoms with van der Waals surface area (Å²) in [4.78, 5) is 35.4. The molecule has 2 aliphatic rings. The number of rotatable bonds is 2. The minimum atomic E-state index is -4.74. The van der Waals surface area contributed by atoms with Crippen LogP contribution in [-0.4, -0.2) is 55.9 Å². The monoisotopic (exact) mass is 395 g/mol. The Hall–Kier alpha value is -2.98. The molecule has 1 fully saturated rings. The number of amides is 2. The molecular weight excluding hydrogens is 379 g/mol. The third kappa shape index (κ3) is 3.20. The summed E-state index contributed by atoms with van der Waals surface area (Å²) in [5.74, 6) is -2.04. The van der Waals surface area contributed by atoms with E-state index < -0.39 is 12.1 Å². The van der Waals surface area contributed by atoms with Gasteiger partial charge in [0.25, 0.3) is 5.91 Å². The summed E-state index contributed by atoms with van der Waals surface area (Å²) in [7, 11) is 0. The molecule has 4 heterocycles. The Morgan fingerprint density at radius 3 is 2.82 bits per heavy atom. The number of fused-ring (bicyclic) bond motifs is 1. The number of halogens is 3. The number of pyridine rings is 1. The Balaban J connectivity index is 1.57. The predicted octanol–water partition coefficient (Wildman–Crippen LogP) is 2.12. The van der Waals surface area contributed by atoms with Crippen molar-refractivity contribution < 1.29 is 27.3 Å². The maximum absolute atomic E-state index is 12.9. The van der Waals surface area contributed by atoms with Gasteiger partial charge in [-0.2, -0.15) is 18.2 Å². The van der Waals surface area contributed by atoms with Gasteiger partial charge < -0.3 is 14.3 Å². The lowest BCUT2D eigenvalue weighted by Gasteiger charge is -2.37. The van der Waals surface area contributed by atoms with Crippen LogP contribution in [-0.2, 0) is 17.5 Å². The number of nitrogens with zero attached hydrogens (tertiary/aromatic N) is 5. The molecule has 0 spiro atoms. The van der Waals surface area contributed by atoms with E-state index in [1.165, 1.54) is 19.2 Å². The van der Waals surface area contributed by atoms with Gasteiger partial charge in [-0.15, -0.1) is 0 Å². The van der Waals surface area contributed by atoms with Crippen LogP contribution >= 0.6 is 0 Å². The highest BCUT2D eigenvalue weighted by Crippen LogP contribution is 2.32. The van der Waals surface area contributed by atoms with Gasteiger partial charge in [0.1, 0.15) is 0 Å². The number of piperidine rings is 1. The molecule has 2 aliphatic heterocycles. The Kier molecular flexibility index (Phi) is 4.31. The van der Waals surface area contributed by atoms with Gasteiger partial charge in [-0.3, -0.25) is 14.6 Å². The molecule has 1 atom stereocenters. The molecule has 2 aromatic heterocycles. The third-order valence-corrected chi connectivity index (χ3v) is 4.99. The van der Waals surface area contributed by atoms with Gasteiger partial charge in [0.2, 0.25) is 11.7 Å². The highest BCUT2D eigenvalue weighted by molar-refractivity contribution is 5.99. The van der Waals surface area contributed by atoms with Crippen LogP contribution in [0.4, 0.5) is 13.2 Å². The molecule has 11 heteroatoms. The van der Waals surface area contributed by atoms with Crippen molar-refractivity contribution in [3.63, 3.8) is 0 Å². The number of likely N-dealkylation sites (tertiary alicyclic amines) is 1. The lowest BCUT2D eigenvalue weighted by atomic mass is 10.0. The zero-order valence-electron chi connectivity index (χ0n) is 14.9. The van der Waals surface area contributed by atoms with Gasteiger partial charge in [0, 0.05) is 31.8 Å². The zero-order valence-corrected chi connectivity index (χ0v) is 14.9. The van der Waals surface area contributed by atoms with E-state index >= 15 is 0 Å². The lowest BCUT2D eigenvalue weighted by molar-refractivity contribution is -0.159. The van der Waals surface area contributed by atoms with Gasteiger partial charge in [-0.25, -0.2) is 0 Å². The number of hydrogen-bond donors (Lipinski definition) is 0. The normalized spacial score (nSPS) is 19.9. The molecule has 8 nitrogen and oxygen atoms in total. The highest BCUT2D eigenvalue weighted by Gasteiger charge is 2.39. The first-order chi connectivity index (χ1) is 13.2. The summed E-state index contributed by atoms with van der Waals surface area (Å²) in [5.41, 5.74) is 1.01. The van der Waals surface area contributed by atoms with Crippen molar-refractivity contribution in [3.05, 3.63) is 29.4 Å². The highest BCUT2D eigenvalue weighted by atomic mass is 19.4.